The van der Waals surface area contributed by atoms with E-state index in [0.29, 0.717) is 0 Å². The fraction of sp³-hybridized carbons (Fsp3) is 0.850. The van der Waals surface area contributed by atoms with E-state index in [1.54, 1.807) is 0 Å². The minimum absolute atomic E-state index is 0.229. The first kappa shape index (κ1) is 19.0. The normalized spacial score (nSPS) is 60.1. The van der Waals surface area contributed by atoms with Crippen LogP contribution in [0.4, 0.5) is 0 Å². The van der Waals surface area contributed by atoms with E-state index < -0.39 is 87.9 Å². The van der Waals surface area contributed by atoms with E-state index in [1.165, 1.54) is 6.92 Å². The molecule has 3 N–H and O–H groups in total. The topological polar surface area (TPSA) is 149 Å². The highest BCUT2D eigenvalue weighted by atomic mass is 16.8. The molecule has 4 aliphatic heterocycles. The van der Waals surface area contributed by atoms with Gasteiger partial charge >= 0.3 is 17.9 Å². The van der Waals surface area contributed by atoms with Gasteiger partial charge in [-0.1, -0.05) is 20.8 Å². The van der Waals surface area contributed by atoms with Crippen LogP contribution in [0.2, 0.25) is 0 Å². The van der Waals surface area contributed by atoms with Crippen LogP contribution < -0.4 is 0 Å². The van der Waals surface area contributed by atoms with Crippen molar-refractivity contribution in [1.82, 2.24) is 0 Å². The molecule has 0 aromatic carbocycles. The molecule has 2 spiro atoms. The largest absolute Gasteiger partial charge is 0.459 e. The zero-order chi connectivity index (χ0) is 21.8. The summed E-state index contributed by atoms with van der Waals surface area (Å²) in [7, 11) is 0. The van der Waals surface area contributed by atoms with Crippen LogP contribution in [-0.2, 0) is 33.3 Å². The molecule has 4 heterocycles. The Morgan fingerprint density at radius 1 is 1.03 bits per heavy atom. The molecule has 6 fully saturated rings. The van der Waals surface area contributed by atoms with Gasteiger partial charge in [0.1, 0.15) is 12.2 Å². The Labute approximate surface area is 171 Å². The first-order valence-electron chi connectivity index (χ1n) is 10.2. The Morgan fingerprint density at radius 2 is 1.70 bits per heavy atom. The molecule has 6 aliphatic rings. The summed E-state index contributed by atoms with van der Waals surface area (Å²) in [5.74, 6) is -4.32. The minimum atomic E-state index is -2.24. The van der Waals surface area contributed by atoms with Gasteiger partial charge in [0.05, 0.1) is 16.7 Å². The first-order chi connectivity index (χ1) is 13.8. The fourth-order valence-electron chi connectivity index (χ4n) is 8.12. The highest BCUT2D eigenvalue weighted by molar-refractivity contribution is 5.94. The zero-order valence-corrected chi connectivity index (χ0v) is 16.9. The number of hydrogen-bond acceptors (Lipinski definition) is 10. The van der Waals surface area contributed by atoms with E-state index in [9.17, 15) is 29.7 Å². The van der Waals surface area contributed by atoms with E-state index in [-0.39, 0.29) is 6.42 Å². The molecule has 2 saturated carbocycles. The predicted octanol–water partition coefficient (Wildman–Crippen LogP) is -1.37. The van der Waals surface area contributed by atoms with Crippen LogP contribution >= 0.6 is 0 Å². The van der Waals surface area contributed by atoms with Crippen molar-refractivity contribution >= 4 is 17.9 Å². The molecular weight excluding hydrogens is 400 g/mol. The van der Waals surface area contributed by atoms with Crippen molar-refractivity contribution in [3.63, 3.8) is 0 Å². The number of aliphatic hydroxyl groups excluding tert-OH is 2. The summed E-state index contributed by atoms with van der Waals surface area (Å²) in [6, 6.07) is 0. The number of fused-ring (bicyclic) bond motifs is 1. The van der Waals surface area contributed by atoms with Crippen molar-refractivity contribution in [3.8, 4) is 0 Å². The lowest BCUT2D eigenvalue weighted by Gasteiger charge is -2.47. The summed E-state index contributed by atoms with van der Waals surface area (Å²) in [6.45, 7) is 7.14. The van der Waals surface area contributed by atoms with Crippen molar-refractivity contribution in [3.05, 3.63) is 0 Å². The summed E-state index contributed by atoms with van der Waals surface area (Å²) >= 11 is 0. The van der Waals surface area contributed by atoms with Gasteiger partial charge in [0, 0.05) is 0 Å². The van der Waals surface area contributed by atoms with Crippen molar-refractivity contribution in [2.45, 2.75) is 76.0 Å². The maximum Gasteiger partial charge on any atom is 0.343 e. The third kappa shape index (κ3) is 1.33. The third-order valence-corrected chi connectivity index (χ3v) is 9.00. The molecule has 0 amide bonds. The molecule has 10 nitrogen and oxygen atoms in total. The van der Waals surface area contributed by atoms with Crippen LogP contribution in [0.5, 0.6) is 0 Å². The summed E-state index contributed by atoms with van der Waals surface area (Å²) in [5, 5.41) is 34.7. The molecule has 164 valence electrons. The minimum Gasteiger partial charge on any atom is -0.459 e. The van der Waals surface area contributed by atoms with Crippen molar-refractivity contribution < 1.29 is 48.7 Å². The average molecular weight is 424 g/mol. The Balaban J connectivity index is 1.72. The first-order valence-corrected chi connectivity index (χ1v) is 10.2. The van der Waals surface area contributed by atoms with E-state index in [2.05, 4.69) is 0 Å². The van der Waals surface area contributed by atoms with Crippen LogP contribution in [0.25, 0.3) is 0 Å². The molecular formula is C20H24O10. The Hall–Kier alpha value is -1.75. The fourth-order valence-corrected chi connectivity index (χ4v) is 8.12. The number of carbonyl (C=O) groups is 3. The molecule has 2 aliphatic carbocycles. The van der Waals surface area contributed by atoms with Gasteiger partial charge in [-0.15, -0.1) is 0 Å². The number of hydrogen-bond donors (Lipinski definition) is 3. The van der Waals surface area contributed by atoms with Gasteiger partial charge in [-0.2, -0.15) is 0 Å². The second-order valence-electron chi connectivity index (χ2n) is 10.7. The number of esters is 3. The van der Waals surface area contributed by atoms with Crippen molar-refractivity contribution in [1.29, 1.82) is 0 Å². The summed E-state index contributed by atoms with van der Waals surface area (Å²) < 4.78 is 22.5. The van der Waals surface area contributed by atoms with Gasteiger partial charge in [0.15, 0.2) is 17.8 Å². The highest BCUT2D eigenvalue weighted by Gasteiger charge is 3.03. The smallest absolute Gasteiger partial charge is 0.343 e. The molecule has 3 unspecified atom stereocenters. The maximum atomic E-state index is 13.4. The van der Waals surface area contributed by atoms with Gasteiger partial charge in [-0.05, 0) is 24.7 Å². The van der Waals surface area contributed by atoms with Crippen molar-refractivity contribution in [2.75, 3.05) is 0 Å². The Morgan fingerprint density at radius 3 is 2.33 bits per heavy atom. The number of carbonyl (C=O) groups excluding carboxylic acids is 3. The van der Waals surface area contributed by atoms with E-state index >= 15 is 0 Å². The standard InChI is InChI=1S/C20H24O10/c1-6-12(23)28-11-9(21)18-8-5-7(16(2,3)4)17(18)10(22)13(24)29-15(17)30-20(18,14(25)27-8)19(6,11)26/h6-11,15,21-22,26H,5H2,1-4H3/t6-,7?,8+,9+,10?,11+,15+,17-,18?,19-,20+/m1/s1. The average Bonchev–Trinajstić information content (AvgIpc) is 3.35. The molecule has 0 aromatic rings. The number of ether oxygens (including phenoxy) is 4. The van der Waals surface area contributed by atoms with Gasteiger partial charge in [-0.3, -0.25) is 4.79 Å². The second kappa shape index (κ2) is 4.69. The molecule has 0 bridgehead atoms. The monoisotopic (exact) mass is 424 g/mol. The number of aliphatic hydroxyl groups is 3. The highest BCUT2D eigenvalue weighted by Crippen LogP contribution is 2.84. The van der Waals surface area contributed by atoms with Gasteiger partial charge in [0.2, 0.25) is 11.9 Å². The molecule has 0 radical (unpaired) electrons. The molecule has 11 atom stereocenters. The molecule has 0 aromatic heterocycles. The summed E-state index contributed by atoms with van der Waals surface area (Å²) in [4.78, 5) is 38.2. The molecule has 4 saturated heterocycles. The molecule has 6 rings (SSSR count). The van der Waals surface area contributed by atoms with E-state index in [1.807, 2.05) is 20.8 Å². The van der Waals surface area contributed by atoms with Crippen LogP contribution in [0.15, 0.2) is 0 Å². The van der Waals surface area contributed by atoms with Crippen LogP contribution in [0.1, 0.15) is 34.1 Å². The van der Waals surface area contributed by atoms with Crippen molar-refractivity contribution in [2.24, 2.45) is 28.1 Å². The molecule has 10 heteroatoms. The van der Waals surface area contributed by atoms with Crippen LogP contribution in [0, 0.1) is 28.1 Å². The van der Waals surface area contributed by atoms with E-state index in [4.69, 9.17) is 18.9 Å². The van der Waals surface area contributed by atoms with Gasteiger partial charge in [0.25, 0.3) is 0 Å². The van der Waals surface area contributed by atoms with Gasteiger partial charge in [-0.25, -0.2) is 9.59 Å². The Kier molecular flexibility index (Phi) is 2.97. The van der Waals surface area contributed by atoms with Crippen LogP contribution in [-0.4, -0.2) is 75.1 Å². The van der Waals surface area contributed by atoms with Crippen LogP contribution in [0.3, 0.4) is 0 Å². The Bertz CT molecular complexity index is 925. The molecule has 30 heavy (non-hydrogen) atoms. The lowest BCUT2D eigenvalue weighted by atomic mass is 9.51. The van der Waals surface area contributed by atoms with E-state index in [0.717, 1.165) is 0 Å². The predicted molar refractivity (Wildman–Crippen MR) is 92.0 cm³/mol. The maximum absolute atomic E-state index is 13.4. The van der Waals surface area contributed by atoms with Gasteiger partial charge < -0.3 is 34.3 Å². The zero-order valence-electron chi connectivity index (χ0n) is 16.9. The number of rotatable bonds is 0. The second-order valence-corrected chi connectivity index (χ2v) is 10.7. The quantitative estimate of drug-likeness (QED) is 0.314. The lowest BCUT2D eigenvalue weighted by molar-refractivity contribution is -0.239. The summed E-state index contributed by atoms with van der Waals surface area (Å²) in [6.07, 6.45) is -6.91. The third-order valence-electron chi connectivity index (χ3n) is 9.00. The summed E-state index contributed by atoms with van der Waals surface area (Å²) in [5.41, 5.74) is -8.26. The lowest BCUT2D eigenvalue weighted by Crippen LogP contribution is -2.67. The SMILES string of the molecule is C[C@@H]1C(=O)O[C@H]2[C@H](O)C34[C@@H]5CC(C(C)(C)C)[C@]36C(O)C(=O)O[C@H]6O[C@]4(C(=O)O5)[C@@]12O.